The topological polar surface area (TPSA) is 58.6 Å². The summed E-state index contributed by atoms with van der Waals surface area (Å²) in [6.07, 6.45) is 1.79. The normalized spacial score (nSPS) is 16.2. The summed E-state index contributed by atoms with van der Waals surface area (Å²) in [7, 11) is 0. The third kappa shape index (κ3) is 5.81. The molecule has 1 atom stereocenters. The van der Waals surface area contributed by atoms with E-state index < -0.39 is 0 Å². The standard InChI is InChI=1S/C23H28N2O3.ClH/c1-16-14-17(2)21(18(3)15-16)24-22(26)20-10-7-11-25(20)12-13-28-23(27)19-8-5-4-6-9-19;/h4-6,8-9,14-15,20H,7,10-13H2,1-3H3,(H,24,26);1H. The van der Waals surface area contributed by atoms with E-state index in [0.717, 1.165) is 36.2 Å². The molecule has 1 unspecified atom stereocenters. The van der Waals surface area contributed by atoms with E-state index >= 15 is 0 Å². The fourth-order valence-electron chi connectivity index (χ4n) is 3.89. The van der Waals surface area contributed by atoms with Gasteiger partial charge in [0.2, 0.25) is 5.91 Å². The Morgan fingerprint density at radius 1 is 1.10 bits per heavy atom. The maximum atomic E-state index is 12.9. The number of anilines is 1. The van der Waals surface area contributed by atoms with Crippen LogP contribution in [0.15, 0.2) is 42.5 Å². The zero-order chi connectivity index (χ0) is 20.1. The number of esters is 1. The van der Waals surface area contributed by atoms with Gasteiger partial charge in [-0.1, -0.05) is 35.9 Å². The van der Waals surface area contributed by atoms with Crippen molar-refractivity contribution < 1.29 is 14.3 Å². The molecule has 1 aliphatic rings. The summed E-state index contributed by atoms with van der Waals surface area (Å²) in [6, 6.07) is 12.9. The molecule has 1 heterocycles. The summed E-state index contributed by atoms with van der Waals surface area (Å²) >= 11 is 0. The van der Waals surface area contributed by atoms with Gasteiger partial charge in [-0.3, -0.25) is 9.69 Å². The predicted molar refractivity (Wildman–Crippen MR) is 118 cm³/mol. The van der Waals surface area contributed by atoms with Crippen molar-refractivity contribution in [3.8, 4) is 0 Å². The minimum Gasteiger partial charge on any atom is -0.461 e. The number of hydrogen-bond acceptors (Lipinski definition) is 4. The van der Waals surface area contributed by atoms with Crippen LogP contribution in [0, 0.1) is 20.8 Å². The van der Waals surface area contributed by atoms with Crippen molar-refractivity contribution in [2.75, 3.05) is 25.0 Å². The van der Waals surface area contributed by atoms with Crippen molar-refractivity contribution in [1.82, 2.24) is 4.90 Å². The summed E-state index contributed by atoms with van der Waals surface area (Å²) in [5, 5.41) is 3.11. The molecule has 156 valence electrons. The Bertz CT molecular complexity index is 831. The summed E-state index contributed by atoms with van der Waals surface area (Å²) in [4.78, 5) is 27.0. The third-order valence-electron chi connectivity index (χ3n) is 5.21. The maximum absolute atomic E-state index is 12.9. The largest absolute Gasteiger partial charge is 0.461 e. The van der Waals surface area contributed by atoms with Crippen LogP contribution >= 0.6 is 12.4 Å². The van der Waals surface area contributed by atoms with Crippen LogP contribution < -0.4 is 5.32 Å². The molecule has 29 heavy (non-hydrogen) atoms. The average molecular weight is 417 g/mol. The van der Waals surface area contributed by atoms with Crippen LogP contribution in [0.3, 0.4) is 0 Å². The van der Waals surface area contributed by atoms with Gasteiger partial charge in [-0.05, 0) is 63.4 Å². The quantitative estimate of drug-likeness (QED) is 0.713. The zero-order valence-electron chi connectivity index (χ0n) is 17.2. The second-order valence-electron chi connectivity index (χ2n) is 7.46. The summed E-state index contributed by atoms with van der Waals surface area (Å²) in [5.74, 6) is -0.311. The molecule has 1 amide bonds. The molecule has 0 aromatic heterocycles. The van der Waals surface area contributed by atoms with Crippen LogP contribution in [0.5, 0.6) is 0 Å². The molecule has 3 rings (SSSR count). The fraction of sp³-hybridized carbons (Fsp3) is 0.391. The van der Waals surface area contributed by atoms with Crippen molar-refractivity contribution in [3.63, 3.8) is 0 Å². The number of aryl methyl sites for hydroxylation is 3. The van der Waals surface area contributed by atoms with Gasteiger partial charge < -0.3 is 10.1 Å². The van der Waals surface area contributed by atoms with Crippen LogP contribution in [-0.4, -0.2) is 42.5 Å². The molecule has 6 heteroatoms. The Hall–Kier alpha value is -2.37. The smallest absolute Gasteiger partial charge is 0.338 e. The first-order valence-electron chi connectivity index (χ1n) is 9.80. The number of likely N-dealkylation sites (tertiary alicyclic amines) is 1. The van der Waals surface area contributed by atoms with E-state index in [9.17, 15) is 9.59 Å². The monoisotopic (exact) mass is 416 g/mol. The average Bonchev–Trinajstić information content (AvgIpc) is 3.13. The first-order chi connectivity index (χ1) is 13.5. The Morgan fingerprint density at radius 3 is 2.41 bits per heavy atom. The zero-order valence-corrected chi connectivity index (χ0v) is 18.1. The Labute approximate surface area is 178 Å². The summed E-state index contributed by atoms with van der Waals surface area (Å²) in [5.41, 5.74) is 4.79. The van der Waals surface area contributed by atoms with E-state index in [4.69, 9.17) is 4.74 Å². The van der Waals surface area contributed by atoms with Gasteiger partial charge in [0.25, 0.3) is 0 Å². The second kappa shape index (κ2) is 10.4. The molecule has 1 saturated heterocycles. The molecular formula is C23H29ClN2O3. The minimum absolute atomic E-state index is 0. The molecule has 0 aliphatic carbocycles. The molecule has 2 aromatic carbocycles. The van der Waals surface area contributed by atoms with Gasteiger partial charge in [0.15, 0.2) is 0 Å². The van der Waals surface area contributed by atoms with E-state index in [-0.39, 0.29) is 36.9 Å². The number of nitrogens with one attached hydrogen (secondary N) is 1. The highest BCUT2D eigenvalue weighted by Crippen LogP contribution is 2.24. The molecule has 1 fully saturated rings. The van der Waals surface area contributed by atoms with Crippen molar-refractivity contribution in [2.45, 2.75) is 39.7 Å². The molecule has 0 radical (unpaired) electrons. The molecular weight excluding hydrogens is 388 g/mol. The van der Waals surface area contributed by atoms with Crippen molar-refractivity contribution in [2.24, 2.45) is 0 Å². The van der Waals surface area contributed by atoms with Crippen LogP contribution in [-0.2, 0) is 9.53 Å². The molecule has 5 nitrogen and oxygen atoms in total. The van der Waals surface area contributed by atoms with Crippen molar-refractivity contribution >= 4 is 30.0 Å². The Kier molecular flexibility index (Phi) is 8.23. The minimum atomic E-state index is -0.327. The molecule has 1 aliphatic heterocycles. The molecule has 2 aromatic rings. The fourth-order valence-corrected chi connectivity index (χ4v) is 3.89. The van der Waals surface area contributed by atoms with Gasteiger partial charge >= 0.3 is 5.97 Å². The lowest BCUT2D eigenvalue weighted by molar-refractivity contribution is -0.120. The predicted octanol–water partition coefficient (Wildman–Crippen LogP) is 4.29. The first kappa shape index (κ1) is 22.9. The molecule has 1 N–H and O–H groups in total. The van der Waals surface area contributed by atoms with Gasteiger partial charge in [0.1, 0.15) is 6.61 Å². The van der Waals surface area contributed by atoms with Gasteiger partial charge in [-0.15, -0.1) is 12.4 Å². The van der Waals surface area contributed by atoms with Gasteiger partial charge in [-0.25, -0.2) is 4.79 Å². The number of hydrogen-bond donors (Lipinski definition) is 1. The van der Waals surface area contributed by atoms with Crippen LogP contribution in [0.4, 0.5) is 5.69 Å². The Balaban J connectivity index is 0.00000300. The lowest BCUT2D eigenvalue weighted by atomic mass is 10.0. The number of amides is 1. The first-order valence-corrected chi connectivity index (χ1v) is 9.80. The highest BCUT2D eigenvalue weighted by Gasteiger charge is 2.31. The number of benzene rings is 2. The molecule has 0 spiro atoms. The molecule has 0 bridgehead atoms. The van der Waals surface area contributed by atoms with Crippen LogP contribution in [0.25, 0.3) is 0 Å². The highest BCUT2D eigenvalue weighted by atomic mass is 35.5. The maximum Gasteiger partial charge on any atom is 0.338 e. The number of ether oxygens (including phenoxy) is 1. The van der Waals surface area contributed by atoms with Gasteiger partial charge in [-0.2, -0.15) is 0 Å². The summed E-state index contributed by atoms with van der Waals surface area (Å²) < 4.78 is 5.38. The lowest BCUT2D eigenvalue weighted by Crippen LogP contribution is -2.41. The van der Waals surface area contributed by atoms with E-state index in [0.29, 0.717) is 12.1 Å². The van der Waals surface area contributed by atoms with E-state index in [1.165, 1.54) is 5.56 Å². The van der Waals surface area contributed by atoms with E-state index in [1.54, 1.807) is 12.1 Å². The number of nitrogens with zero attached hydrogens (tertiary/aromatic N) is 1. The number of carbonyl (C=O) groups excluding carboxylic acids is 2. The summed E-state index contributed by atoms with van der Waals surface area (Å²) in [6.45, 7) is 7.77. The Morgan fingerprint density at radius 2 is 1.76 bits per heavy atom. The van der Waals surface area contributed by atoms with Crippen LogP contribution in [0.1, 0.15) is 39.9 Å². The molecule has 0 saturated carbocycles. The number of halogens is 1. The number of carbonyl (C=O) groups is 2. The number of rotatable bonds is 6. The second-order valence-corrected chi connectivity index (χ2v) is 7.46. The van der Waals surface area contributed by atoms with E-state index in [2.05, 4.69) is 29.3 Å². The highest BCUT2D eigenvalue weighted by molar-refractivity contribution is 5.96. The third-order valence-corrected chi connectivity index (χ3v) is 5.21. The van der Waals surface area contributed by atoms with Crippen LogP contribution in [0.2, 0.25) is 0 Å². The van der Waals surface area contributed by atoms with E-state index in [1.807, 2.05) is 32.0 Å². The van der Waals surface area contributed by atoms with Crippen molar-refractivity contribution in [1.29, 1.82) is 0 Å². The van der Waals surface area contributed by atoms with Crippen molar-refractivity contribution in [3.05, 3.63) is 64.7 Å². The lowest BCUT2D eigenvalue weighted by Gasteiger charge is -2.24. The van der Waals surface area contributed by atoms with Gasteiger partial charge in [0.05, 0.1) is 11.6 Å². The SMILES string of the molecule is Cc1cc(C)c(NC(=O)C2CCCN2CCOC(=O)c2ccccc2)c(C)c1.Cl. The van der Waals surface area contributed by atoms with Gasteiger partial charge in [0, 0.05) is 12.2 Å².